The molecule has 2 rings (SSSR count). The summed E-state index contributed by atoms with van der Waals surface area (Å²) in [4.78, 5) is 2.46. The third-order valence-corrected chi connectivity index (χ3v) is 3.46. The molecule has 2 N–H and O–H groups in total. The van der Waals surface area contributed by atoms with Crippen molar-refractivity contribution in [2.45, 2.75) is 20.1 Å². The van der Waals surface area contributed by atoms with E-state index in [1.165, 1.54) is 15.3 Å². The van der Waals surface area contributed by atoms with Crippen LogP contribution in [-0.4, -0.2) is 9.78 Å². The first-order valence-electron chi connectivity index (χ1n) is 5.08. The number of thiophene rings is 1. The van der Waals surface area contributed by atoms with Crippen LogP contribution in [0.3, 0.4) is 0 Å². The SMILES string of the molecule is Cc1sc(CN)cc1COc1cnn(C)c1. The van der Waals surface area contributed by atoms with Gasteiger partial charge in [-0.15, -0.1) is 11.3 Å². The van der Waals surface area contributed by atoms with Crippen molar-refractivity contribution in [3.05, 3.63) is 33.8 Å². The highest BCUT2D eigenvalue weighted by atomic mass is 32.1. The molecule has 0 radical (unpaired) electrons. The van der Waals surface area contributed by atoms with Crippen LogP contribution in [0, 0.1) is 6.92 Å². The van der Waals surface area contributed by atoms with Crippen molar-refractivity contribution in [1.29, 1.82) is 0 Å². The minimum atomic E-state index is 0.577. The van der Waals surface area contributed by atoms with Crippen LogP contribution >= 0.6 is 11.3 Å². The molecule has 0 saturated carbocycles. The van der Waals surface area contributed by atoms with Gasteiger partial charge in [-0.3, -0.25) is 4.68 Å². The molecule has 0 aliphatic heterocycles. The number of hydrogen-bond acceptors (Lipinski definition) is 4. The zero-order valence-electron chi connectivity index (χ0n) is 9.43. The van der Waals surface area contributed by atoms with Gasteiger partial charge in [0, 0.05) is 28.9 Å². The van der Waals surface area contributed by atoms with Gasteiger partial charge in [-0.2, -0.15) is 5.10 Å². The van der Waals surface area contributed by atoms with Gasteiger partial charge in [0.05, 0.1) is 12.4 Å². The lowest BCUT2D eigenvalue weighted by Crippen LogP contribution is -1.95. The highest BCUT2D eigenvalue weighted by Crippen LogP contribution is 2.22. The molecule has 2 heterocycles. The average Bonchev–Trinajstić information content (AvgIpc) is 2.82. The smallest absolute Gasteiger partial charge is 0.157 e. The molecule has 0 fully saturated rings. The van der Waals surface area contributed by atoms with Crippen molar-refractivity contribution < 1.29 is 4.74 Å². The zero-order valence-corrected chi connectivity index (χ0v) is 10.3. The second-order valence-electron chi connectivity index (χ2n) is 3.64. The quantitative estimate of drug-likeness (QED) is 0.882. The van der Waals surface area contributed by atoms with Gasteiger partial charge in [-0.05, 0) is 13.0 Å². The Balaban J connectivity index is 2.01. The molecule has 0 saturated heterocycles. The largest absolute Gasteiger partial charge is 0.486 e. The van der Waals surface area contributed by atoms with E-state index in [0.717, 1.165) is 5.75 Å². The van der Waals surface area contributed by atoms with Crippen LogP contribution in [0.4, 0.5) is 0 Å². The van der Waals surface area contributed by atoms with E-state index in [-0.39, 0.29) is 0 Å². The Labute approximate surface area is 98.6 Å². The number of aromatic nitrogens is 2. The number of rotatable bonds is 4. The van der Waals surface area contributed by atoms with E-state index < -0.39 is 0 Å². The van der Waals surface area contributed by atoms with Crippen molar-refractivity contribution >= 4 is 11.3 Å². The maximum absolute atomic E-state index is 5.63. The molecule has 0 aromatic carbocycles. The Morgan fingerprint density at radius 3 is 2.94 bits per heavy atom. The first kappa shape index (κ1) is 11.2. The van der Waals surface area contributed by atoms with Gasteiger partial charge in [-0.1, -0.05) is 0 Å². The van der Waals surface area contributed by atoms with E-state index in [1.54, 1.807) is 22.2 Å². The van der Waals surface area contributed by atoms with Crippen molar-refractivity contribution in [2.24, 2.45) is 12.8 Å². The molecule has 2 aromatic heterocycles. The second-order valence-corrected chi connectivity index (χ2v) is 4.98. The average molecular weight is 237 g/mol. The van der Waals surface area contributed by atoms with Gasteiger partial charge in [0.1, 0.15) is 6.61 Å². The van der Waals surface area contributed by atoms with Gasteiger partial charge < -0.3 is 10.5 Å². The first-order valence-corrected chi connectivity index (χ1v) is 5.90. The van der Waals surface area contributed by atoms with E-state index in [2.05, 4.69) is 18.1 Å². The number of ether oxygens (including phenoxy) is 1. The Kier molecular flexibility index (Phi) is 3.26. The molecule has 0 bridgehead atoms. The highest BCUT2D eigenvalue weighted by molar-refractivity contribution is 7.12. The van der Waals surface area contributed by atoms with Crippen molar-refractivity contribution in [3.63, 3.8) is 0 Å². The fourth-order valence-corrected chi connectivity index (χ4v) is 2.39. The first-order chi connectivity index (χ1) is 7.69. The van der Waals surface area contributed by atoms with E-state index in [1.807, 2.05) is 13.2 Å². The summed E-state index contributed by atoms with van der Waals surface area (Å²) < 4.78 is 7.36. The zero-order chi connectivity index (χ0) is 11.5. The highest BCUT2D eigenvalue weighted by Gasteiger charge is 2.05. The van der Waals surface area contributed by atoms with Gasteiger partial charge in [0.15, 0.2) is 5.75 Å². The summed E-state index contributed by atoms with van der Waals surface area (Å²) in [5.41, 5.74) is 6.80. The molecular weight excluding hydrogens is 222 g/mol. The summed E-state index contributed by atoms with van der Waals surface area (Å²) in [6.45, 7) is 3.26. The predicted octanol–water partition coefficient (Wildman–Crippen LogP) is 1.83. The Hall–Kier alpha value is -1.33. The Bertz CT molecular complexity index is 475. The monoisotopic (exact) mass is 237 g/mol. The minimum Gasteiger partial charge on any atom is -0.486 e. The molecule has 0 aliphatic carbocycles. The molecule has 86 valence electrons. The van der Waals surface area contributed by atoms with Crippen LogP contribution in [0.15, 0.2) is 18.5 Å². The molecule has 0 amide bonds. The maximum atomic E-state index is 5.63. The van der Waals surface area contributed by atoms with Gasteiger partial charge >= 0.3 is 0 Å². The lowest BCUT2D eigenvalue weighted by Gasteiger charge is -2.01. The van der Waals surface area contributed by atoms with Gasteiger partial charge in [-0.25, -0.2) is 0 Å². The summed E-state index contributed by atoms with van der Waals surface area (Å²) in [7, 11) is 1.87. The molecular formula is C11H15N3OS. The topological polar surface area (TPSA) is 53.1 Å². The fourth-order valence-electron chi connectivity index (χ4n) is 1.47. The maximum Gasteiger partial charge on any atom is 0.157 e. The molecule has 4 nitrogen and oxygen atoms in total. The molecule has 2 aromatic rings. The van der Waals surface area contributed by atoms with E-state index in [0.29, 0.717) is 13.2 Å². The van der Waals surface area contributed by atoms with Gasteiger partial charge in [0.25, 0.3) is 0 Å². The van der Waals surface area contributed by atoms with Crippen LogP contribution < -0.4 is 10.5 Å². The fraction of sp³-hybridized carbons (Fsp3) is 0.364. The van der Waals surface area contributed by atoms with Crippen LogP contribution in [0.2, 0.25) is 0 Å². The minimum absolute atomic E-state index is 0.577. The van der Waals surface area contributed by atoms with Crippen molar-refractivity contribution in [3.8, 4) is 5.75 Å². The molecule has 0 aliphatic rings. The summed E-state index contributed by atoms with van der Waals surface area (Å²) >= 11 is 1.73. The summed E-state index contributed by atoms with van der Waals surface area (Å²) in [5, 5.41) is 4.05. The Morgan fingerprint density at radius 1 is 1.56 bits per heavy atom. The second kappa shape index (κ2) is 4.67. The Morgan fingerprint density at radius 2 is 2.38 bits per heavy atom. The summed E-state index contributed by atoms with van der Waals surface area (Å²) in [6.07, 6.45) is 3.57. The number of hydrogen-bond donors (Lipinski definition) is 1. The molecule has 0 atom stereocenters. The van der Waals surface area contributed by atoms with Crippen LogP contribution in [0.1, 0.15) is 15.3 Å². The molecule has 5 heteroatoms. The van der Waals surface area contributed by atoms with Crippen molar-refractivity contribution in [2.75, 3.05) is 0 Å². The molecule has 0 spiro atoms. The van der Waals surface area contributed by atoms with E-state index in [9.17, 15) is 0 Å². The lowest BCUT2D eigenvalue weighted by molar-refractivity contribution is 0.305. The summed E-state index contributed by atoms with van der Waals surface area (Å²) in [6, 6.07) is 2.11. The third kappa shape index (κ3) is 2.43. The van der Waals surface area contributed by atoms with E-state index in [4.69, 9.17) is 10.5 Å². The number of nitrogens with zero attached hydrogens (tertiary/aromatic N) is 2. The van der Waals surface area contributed by atoms with E-state index >= 15 is 0 Å². The molecule has 0 unspecified atom stereocenters. The number of nitrogens with two attached hydrogens (primary N) is 1. The van der Waals surface area contributed by atoms with Crippen LogP contribution in [0.25, 0.3) is 0 Å². The van der Waals surface area contributed by atoms with Crippen LogP contribution in [0.5, 0.6) is 5.75 Å². The van der Waals surface area contributed by atoms with Crippen LogP contribution in [-0.2, 0) is 20.2 Å². The normalized spacial score (nSPS) is 10.7. The standard InChI is InChI=1S/C11H15N3OS/c1-8-9(3-11(4-12)16-8)7-15-10-5-13-14(2)6-10/h3,5-6H,4,7,12H2,1-2H3. The number of aryl methyl sites for hydroxylation is 2. The summed E-state index contributed by atoms with van der Waals surface area (Å²) in [5.74, 6) is 0.794. The third-order valence-electron chi connectivity index (χ3n) is 2.35. The predicted molar refractivity (Wildman–Crippen MR) is 64.5 cm³/mol. The van der Waals surface area contributed by atoms with Crippen molar-refractivity contribution in [1.82, 2.24) is 9.78 Å². The molecule has 16 heavy (non-hydrogen) atoms. The van der Waals surface area contributed by atoms with Gasteiger partial charge in [0.2, 0.25) is 0 Å². The lowest BCUT2D eigenvalue weighted by atomic mass is 10.2.